The van der Waals surface area contributed by atoms with Crippen LogP contribution in [0.4, 0.5) is 0 Å². The molecular formula is C12H21N2O. The van der Waals surface area contributed by atoms with Gasteiger partial charge in [-0.15, -0.1) is 0 Å². The van der Waals surface area contributed by atoms with Crippen LogP contribution in [0.25, 0.3) is 0 Å². The summed E-state index contributed by atoms with van der Waals surface area (Å²) in [5.41, 5.74) is -0.447. The van der Waals surface area contributed by atoms with Crippen molar-refractivity contribution >= 4 is 6.29 Å². The molecule has 2 saturated heterocycles. The van der Waals surface area contributed by atoms with Crippen molar-refractivity contribution in [1.82, 2.24) is 9.80 Å². The minimum atomic E-state index is -0.447. The van der Waals surface area contributed by atoms with Gasteiger partial charge in [-0.1, -0.05) is 6.42 Å². The minimum Gasteiger partial charge on any atom is -0.287 e. The van der Waals surface area contributed by atoms with Crippen LogP contribution in [-0.4, -0.2) is 47.9 Å². The topological polar surface area (TPSA) is 23.6 Å². The lowest BCUT2D eigenvalue weighted by Gasteiger charge is -2.44. The lowest BCUT2D eigenvalue weighted by molar-refractivity contribution is 0.00867. The highest BCUT2D eigenvalue weighted by atomic mass is 16.1. The van der Waals surface area contributed by atoms with Crippen molar-refractivity contribution in [3.63, 3.8) is 0 Å². The summed E-state index contributed by atoms with van der Waals surface area (Å²) in [6, 6.07) is 0. The first-order valence-corrected chi connectivity index (χ1v) is 6.17. The number of hydrogen-bond acceptors (Lipinski definition) is 3. The van der Waals surface area contributed by atoms with Crippen molar-refractivity contribution in [2.75, 3.05) is 26.2 Å². The van der Waals surface area contributed by atoms with Crippen LogP contribution in [0.5, 0.6) is 0 Å². The highest BCUT2D eigenvalue weighted by molar-refractivity contribution is 5.63. The lowest BCUT2D eigenvalue weighted by atomic mass is 10.0. The highest BCUT2D eigenvalue weighted by Crippen LogP contribution is 2.26. The molecule has 2 fully saturated rings. The van der Waals surface area contributed by atoms with Crippen molar-refractivity contribution in [3.8, 4) is 0 Å². The average molecular weight is 209 g/mol. The van der Waals surface area contributed by atoms with E-state index in [-0.39, 0.29) is 0 Å². The first kappa shape index (κ1) is 11.1. The maximum absolute atomic E-state index is 11.3. The SMILES string of the molecule is CC([C]=O)(N1CCCCC1)N1CCCC1. The second kappa shape index (κ2) is 4.62. The predicted molar refractivity (Wildman–Crippen MR) is 60.3 cm³/mol. The molecule has 1 atom stereocenters. The third kappa shape index (κ3) is 2.08. The Labute approximate surface area is 92.4 Å². The van der Waals surface area contributed by atoms with Gasteiger partial charge in [0.15, 0.2) is 0 Å². The zero-order valence-corrected chi connectivity index (χ0v) is 9.67. The molecule has 0 spiro atoms. The van der Waals surface area contributed by atoms with Gasteiger partial charge in [-0.25, -0.2) is 0 Å². The molecule has 0 aliphatic carbocycles. The zero-order valence-electron chi connectivity index (χ0n) is 9.67. The molecule has 0 aromatic rings. The fourth-order valence-electron chi connectivity index (χ4n) is 2.81. The van der Waals surface area contributed by atoms with E-state index >= 15 is 0 Å². The average Bonchev–Trinajstić information content (AvgIpc) is 2.83. The predicted octanol–water partition coefficient (Wildman–Crippen LogP) is 1.39. The van der Waals surface area contributed by atoms with Crippen molar-refractivity contribution in [3.05, 3.63) is 0 Å². The number of piperidine rings is 1. The summed E-state index contributed by atoms with van der Waals surface area (Å²) in [6.07, 6.45) is 8.51. The second-order valence-corrected chi connectivity index (χ2v) is 4.86. The van der Waals surface area contributed by atoms with E-state index in [1.807, 2.05) is 6.92 Å². The Hall–Kier alpha value is -0.410. The molecule has 2 heterocycles. The van der Waals surface area contributed by atoms with E-state index in [1.165, 1.54) is 32.1 Å². The largest absolute Gasteiger partial charge is 0.287 e. The monoisotopic (exact) mass is 209 g/mol. The number of likely N-dealkylation sites (tertiary alicyclic amines) is 2. The molecule has 85 valence electrons. The maximum atomic E-state index is 11.3. The van der Waals surface area contributed by atoms with Crippen LogP contribution in [0.15, 0.2) is 0 Å². The van der Waals surface area contributed by atoms with E-state index < -0.39 is 5.66 Å². The Kier molecular flexibility index (Phi) is 3.42. The fourth-order valence-corrected chi connectivity index (χ4v) is 2.81. The van der Waals surface area contributed by atoms with Gasteiger partial charge in [0.05, 0.1) is 0 Å². The summed E-state index contributed by atoms with van der Waals surface area (Å²) >= 11 is 0. The van der Waals surface area contributed by atoms with Crippen molar-refractivity contribution in [2.45, 2.75) is 44.7 Å². The molecule has 15 heavy (non-hydrogen) atoms. The first-order valence-electron chi connectivity index (χ1n) is 6.17. The van der Waals surface area contributed by atoms with E-state index in [0.717, 1.165) is 26.2 Å². The summed E-state index contributed by atoms with van der Waals surface area (Å²) in [5, 5.41) is 0. The first-order chi connectivity index (χ1) is 7.27. The van der Waals surface area contributed by atoms with E-state index in [1.54, 1.807) is 0 Å². The zero-order chi connectivity index (χ0) is 10.7. The molecule has 0 N–H and O–H groups in total. The maximum Gasteiger partial charge on any atom is 0.236 e. The van der Waals surface area contributed by atoms with Crippen LogP contribution >= 0.6 is 0 Å². The Balaban J connectivity index is 2.07. The third-order valence-corrected chi connectivity index (χ3v) is 3.89. The summed E-state index contributed by atoms with van der Waals surface area (Å²) < 4.78 is 0. The van der Waals surface area contributed by atoms with Crippen LogP contribution in [-0.2, 0) is 4.79 Å². The van der Waals surface area contributed by atoms with E-state index in [9.17, 15) is 4.79 Å². The molecule has 3 heteroatoms. The van der Waals surface area contributed by atoms with E-state index in [4.69, 9.17) is 0 Å². The molecule has 1 radical (unpaired) electrons. The molecule has 0 saturated carbocycles. The molecule has 0 aromatic carbocycles. The van der Waals surface area contributed by atoms with Gasteiger partial charge in [0.25, 0.3) is 0 Å². The van der Waals surface area contributed by atoms with Crippen molar-refractivity contribution < 1.29 is 4.79 Å². The smallest absolute Gasteiger partial charge is 0.236 e. The van der Waals surface area contributed by atoms with Gasteiger partial charge in [-0.3, -0.25) is 14.6 Å². The van der Waals surface area contributed by atoms with Crippen LogP contribution in [0, 0.1) is 0 Å². The van der Waals surface area contributed by atoms with Crippen molar-refractivity contribution in [2.24, 2.45) is 0 Å². The Morgan fingerprint density at radius 1 is 0.867 bits per heavy atom. The molecule has 2 aliphatic rings. The molecule has 3 nitrogen and oxygen atoms in total. The lowest BCUT2D eigenvalue weighted by Crippen LogP contribution is -2.60. The molecule has 0 aromatic heterocycles. The third-order valence-electron chi connectivity index (χ3n) is 3.89. The number of rotatable bonds is 3. The van der Waals surface area contributed by atoms with Crippen molar-refractivity contribution in [1.29, 1.82) is 0 Å². The number of hydrogen-bond donors (Lipinski definition) is 0. The molecule has 1 unspecified atom stereocenters. The molecular weight excluding hydrogens is 188 g/mol. The number of nitrogens with zero attached hydrogens (tertiary/aromatic N) is 2. The summed E-state index contributed by atoms with van der Waals surface area (Å²) in [7, 11) is 0. The van der Waals surface area contributed by atoms with E-state index in [2.05, 4.69) is 16.1 Å². The Morgan fingerprint density at radius 3 is 1.67 bits per heavy atom. The second-order valence-electron chi connectivity index (χ2n) is 4.86. The Bertz CT molecular complexity index is 220. The number of carbonyl (C=O) groups excluding carboxylic acids is 1. The Morgan fingerprint density at radius 2 is 1.27 bits per heavy atom. The van der Waals surface area contributed by atoms with Gasteiger partial charge in [-0.05, 0) is 32.6 Å². The summed E-state index contributed by atoms with van der Waals surface area (Å²) in [4.78, 5) is 15.9. The van der Waals surface area contributed by atoms with Crippen LogP contribution in [0.2, 0.25) is 0 Å². The minimum absolute atomic E-state index is 0.447. The van der Waals surface area contributed by atoms with E-state index in [0.29, 0.717) is 0 Å². The summed E-state index contributed by atoms with van der Waals surface area (Å²) in [5.74, 6) is 0. The van der Waals surface area contributed by atoms with Gasteiger partial charge in [0.2, 0.25) is 6.29 Å². The molecule has 0 bridgehead atoms. The quantitative estimate of drug-likeness (QED) is 0.702. The standard InChI is InChI=1S/C12H21N2O/c1-12(11-15,14-9-5-6-10-14)13-7-3-2-4-8-13/h2-10H2,1H3. The van der Waals surface area contributed by atoms with Gasteiger partial charge in [0.1, 0.15) is 5.66 Å². The van der Waals surface area contributed by atoms with Gasteiger partial charge in [-0.2, -0.15) is 0 Å². The molecule has 0 amide bonds. The van der Waals surface area contributed by atoms with Gasteiger partial charge >= 0.3 is 0 Å². The van der Waals surface area contributed by atoms with Gasteiger partial charge in [0, 0.05) is 26.2 Å². The highest BCUT2D eigenvalue weighted by Gasteiger charge is 2.40. The molecule has 2 aliphatic heterocycles. The molecule has 2 rings (SSSR count). The van der Waals surface area contributed by atoms with Crippen LogP contribution < -0.4 is 0 Å². The van der Waals surface area contributed by atoms with Gasteiger partial charge < -0.3 is 0 Å². The van der Waals surface area contributed by atoms with Crippen LogP contribution in [0.1, 0.15) is 39.0 Å². The fraction of sp³-hybridized carbons (Fsp3) is 0.917. The normalized spacial score (nSPS) is 28.9. The summed E-state index contributed by atoms with van der Waals surface area (Å²) in [6.45, 7) is 6.27. The van der Waals surface area contributed by atoms with Crippen LogP contribution in [0.3, 0.4) is 0 Å².